The van der Waals surface area contributed by atoms with Gasteiger partial charge in [0.15, 0.2) is 0 Å². The van der Waals surface area contributed by atoms with Crippen molar-refractivity contribution in [1.82, 2.24) is 10.6 Å². The molecule has 3 aromatic rings. The second-order valence-corrected chi connectivity index (χ2v) is 9.95. The molecule has 3 aromatic carbocycles. The van der Waals surface area contributed by atoms with E-state index in [4.69, 9.17) is 0 Å². The van der Waals surface area contributed by atoms with Crippen LogP contribution in [0.2, 0.25) is 0 Å². The summed E-state index contributed by atoms with van der Waals surface area (Å²) >= 11 is 0. The van der Waals surface area contributed by atoms with Crippen LogP contribution >= 0.6 is 0 Å². The Bertz CT molecular complexity index is 1280. The lowest BCUT2D eigenvalue weighted by Crippen LogP contribution is -2.48. The minimum Gasteiger partial charge on any atom is -0.390 e. The average Bonchev–Trinajstić information content (AvgIpc) is 3.35. The number of amides is 2. The van der Waals surface area contributed by atoms with Crippen molar-refractivity contribution in [2.24, 2.45) is 0 Å². The highest BCUT2D eigenvalue weighted by Crippen LogP contribution is 2.28. The number of aliphatic hydroxyl groups excluding tert-OH is 1. The monoisotopic (exact) mass is 535 g/mol. The zero-order valence-electron chi connectivity index (χ0n) is 22.1. The van der Waals surface area contributed by atoms with E-state index in [2.05, 4.69) is 29.7 Å². The number of hydrogen-bond donors (Lipinski definition) is 3. The van der Waals surface area contributed by atoms with Crippen molar-refractivity contribution in [3.05, 3.63) is 101 Å². The number of fused-ring (bicyclic) bond motifs is 1. The summed E-state index contributed by atoms with van der Waals surface area (Å²) in [4.78, 5) is 27.4. The normalized spacial score (nSPS) is 14.1. The molecule has 39 heavy (non-hydrogen) atoms. The Morgan fingerprint density at radius 3 is 2.46 bits per heavy atom. The van der Waals surface area contributed by atoms with Crippen molar-refractivity contribution < 1.29 is 23.5 Å². The number of benzene rings is 3. The molecule has 3 N–H and O–H groups in total. The van der Waals surface area contributed by atoms with Crippen LogP contribution in [0.1, 0.15) is 42.0 Å². The van der Waals surface area contributed by atoms with Gasteiger partial charge in [0.25, 0.3) is 0 Å². The van der Waals surface area contributed by atoms with Crippen molar-refractivity contribution in [3.63, 3.8) is 0 Å². The van der Waals surface area contributed by atoms with Crippen molar-refractivity contribution in [1.29, 1.82) is 0 Å². The van der Waals surface area contributed by atoms with Crippen LogP contribution in [0.5, 0.6) is 0 Å². The fourth-order valence-electron chi connectivity index (χ4n) is 4.96. The maximum Gasteiger partial charge on any atom is 0.227 e. The van der Waals surface area contributed by atoms with Crippen LogP contribution in [0, 0.1) is 11.6 Å². The lowest BCUT2D eigenvalue weighted by atomic mass is 10.00. The number of rotatable bonds is 12. The smallest absolute Gasteiger partial charge is 0.227 e. The first-order valence-corrected chi connectivity index (χ1v) is 13.4. The average molecular weight is 536 g/mol. The SMILES string of the molecule is CCc1cccc(CNC[C@@H](O)[C@@H](Cc2cc(F)cc(F)c2)NC(=O)CCC(=O)N2CCc3ccccc32)c1. The Kier molecular flexibility index (Phi) is 9.79. The largest absolute Gasteiger partial charge is 0.390 e. The number of aryl methyl sites for hydroxylation is 1. The third-order valence-electron chi connectivity index (χ3n) is 7.03. The Hall–Kier alpha value is -3.62. The van der Waals surface area contributed by atoms with E-state index in [0.29, 0.717) is 18.7 Å². The Morgan fingerprint density at radius 1 is 0.949 bits per heavy atom. The van der Waals surface area contributed by atoms with Gasteiger partial charge in [-0.1, -0.05) is 49.4 Å². The first-order chi connectivity index (χ1) is 18.8. The second kappa shape index (κ2) is 13.4. The number of anilines is 1. The highest BCUT2D eigenvalue weighted by molar-refractivity contribution is 5.97. The number of aliphatic hydroxyl groups is 1. The number of carbonyl (C=O) groups excluding carboxylic acids is 2. The zero-order valence-corrected chi connectivity index (χ0v) is 22.1. The number of carbonyl (C=O) groups is 2. The van der Waals surface area contributed by atoms with Crippen molar-refractivity contribution in [2.45, 2.75) is 57.7 Å². The Labute approximate surface area is 228 Å². The van der Waals surface area contributed by atoms with Gasteiger partial charge in [-0.3, -0.25) is 9.59 Å². The molecule has 4 rings (SSSR count). The molecular weight excluding hydrogens is 500 g/mol. The van der Waals surface area contributed by atoms with Crippen LogP contribution in [0.25, 0.3) is 0 Å². The van der Waals surface area contributed by atoms with E-state index in [9.17, 15) is 23.5 Å². The van der Waals surface area contributed by atoms with Gasteiger partial charge in [-0.15, -0.1) is 0 Å². The summed E-state index contributed by atoms with van der Waals surface area (Å²) in [7, 11) is 0. The van der Waals surface area contributed by atoms with Crippen LogP contribution in [-0.2, 0) is 35.4 Å². The third-order valence-corrected chi connectivity index (χ3v) is 7.03. The third kappa shape index (κ3) is 7.94. The van der Waals surface area contributed by atoms with Crippen LogP contribution in [-0.4, -0.2) is 42.2 Å². The van der Waals surface area contributed by atoms with E-state index in [1.54, 1.807) is 4.90 Å². The molecule has 0 aliphatic carbocycles. The summed E-state index contributed by atoms with van der Waals surface area (Å²) in [6, 6.07) is 18.2. The van der Waals surface area contributed by atoms with Gasteiger partial charge in [0.1, 0.15) is 11.6 Å². The molecule has 0 spiro atoms. The van der Waals surface area contributed by atoms with E-state index >= 15 is 0 Å². The van der Waals surface area contributed by atoms with E-state index in [1.807, 2.05) is 36.4 Å². The van der Waals surface area contributed by atoms with Gasteiger partial charge in [0.2, 0.25) is 11.8 Å². The zero-order chi connectivity index (χ0) is 27.8. The van der Waals surface area contributed by atoms with Crippen molar-refractivity contribution >= 4 is 17.5 Å². The van der Waals surface area contributed by atoms with E-state index in [0.717, 1.165) is 35.7 Å². The summed E-state index contributed by atoms with van der Waals surface area (Å²) in [6.45, 7) is 3.34. The number of nitrogens with one attached hydrogen (secondary N) is 2. The van der Waals surface area contributed by atoms with E-state index < -0.39 is 29.7 Å². The maximum absolute atomic E-state index is 13.8. The van der Waals surface area contributed by atoms with Gasteiger partial charge >= 0.3 is 0 Å². The highest BCUT2D eigenvalue weighted by atomic mass is 19.1. The number of halogens is 2. The van der Waals surface area contributed by atoms with Crippen LogP contribution < -0.4 is 15.5 Å². The van der Waals surface area contributed by atoms with E-state index in [-0.39, 0.29) is 31.7 Å². The summed E-state index contributed by atoms with van der Waals surface area (Å²) in [5.41, 5.74) is 4.57. The summed E-state index contributed by atoms with van der Waals surface area (Å²) in [6.07, 6.45) is 0.654. The predicted octanol–water partition coefficient (Wildman–Crippen LogP) is 4.07. The molecule has 0 saturated heterocycles. The molecule has 1 heterocycles. The molecule has 1 aliphatic heterocycles. The molecule has 6 nitrogen and oxygen atoms in total. The molecule has 8 heteroatoms. The first-order valence-electron chi connectivity index (χ1n) is 13.4. The van der Waals surface area contributed by atoms with Gasteiger partial charge in [0.05, 0.1) is 12.1 Å². The molecule has 206 valence electrons. The van der Waals surface area contributed by atoms with Gasteiger partial charge in [0, 0.05) is 44.2 Å². The molecule has 2 amide bonds. The minimum atomic E-state index is -1.03. The van der Waals surface area contributed by atoms with Gasteiger partial charge in [-0.2, -0.15) is 0 Å². The van der Waals surface area contributed by atoms with Crippen LogP contribution in [0.3, 0.4) is 0 Å². The standard InChI is InChI=1S/C31H35F2N3O3/c1-2-21-6-5-7-22(14-21)19-34-20-29(37)27(17-23-15-25(32)18-26(33)16-23)35-30(38)10-11-31(39)36-13-12-24-8-3-4-9-28(24)36/h3-9,14-16,18,27,29,34,37H,2,10-13,17,19-20H2,1H3,(H,35,38)/t27-,29-/m1/s1. The minimum absolute atomic E-state index is 0.0175. The topological polar surface area (TPSA) is 81.7 Å². The predicted molar refractivity (Wildman–Crippen MR) is 147 cm³/mol. The molecule has 0 radical (unpaired) electrons. The number of para-hydroxylation sites is 1. The highest BCUT2D eigenvalue weighted by Gasteiger charge is 2.26. The summed E-state index contributed by atoms with van der Waals surface area (Å²) in [5.74, 6) is -2.01. The molecule has 1 aliphatic rings. The van der Waals surface area contributed by atoms with Gasteiger partial charge < -0.3 is 20.6 Å². The Morgan fingerprint density at radius 2 is 1.69 bits per heavy atom. The summed E-state index contributed by atoms with van der Waals surface area (Å²) < 4.78 is 27.6. The van der Waals surface area contributed by atoms with E-state index in [1.165, 1.54) is 17.7 Å². The molecule has 0 fully saturated rings. The second-order valence-electron chi connectivity index (χ2n) is 9.95. The lowest BCUT2D eigenvalue weighted by molar-refractivity contribution is -0.126. The van der Waals surface area contributed by atoms with Crippen molar-refractivity contribution in [3.8, 4) is 0 Å². The first kappa shape index (κ1) is 28.4. The van der Waals surface area contributed by atoms with Gasteiger partial charge in [-0.25, -0.2) is 8.78 Å². The lowest BCUT2D eigenvalue weighted by Gasteiger charge is -2.25. The fourth-order valence-corrected chi connectivity index (χ4v) is 4.96. The van der Waals surface area contributed by atoms with Crippen LogP contribution in [0.4, 0.5) is 14.5 Å². The van der Waals surface area contributed by atoms with Gasteiger partial charge in [-0.05, 0) is 59.7 Å². The molecule has 0 saturated carbocycles. The summed E-state index contributed by atoms with van der Waals surface area (Å²) in [5, 5.41) is 16.9. The van der Waals surface area contributed by atoms with Crippen molar-refractivity contribution in [2.75, 3.05) is 18.0 Å². The molecule has 0 bridgehead atoms. The maximum atomic E-state index is 13.8. The number of nitrogens with zero attached hydrogens (tertiary/aromatic N) is 1. The molecule has 0 aromatic heterocycles. The fraction of sp³-hybridized carbons (Fsp3) is 0.355. The molecule has 0 unspecified atom stereocenters. The quantitative estimate of drug-likeness (QED) is 0.327. The Balaban J connectivity index is 1.36. The molecular formula is C31H35F2N3O3. The molecule has 2 atom stereocenters. The number of hydrogen-bond acceptors (Lipinski definition) is 4. The van der Waals surface area contributed by atoms with Crippen LogP contribution in [0.15, 0.2) is 66.7 Å².